The van der Waals surface area contributed by atoms with E-state index in [0.717, 1.165) is 25.1 Å². The van der Waals surface area contributed by atoms with Gasteiger partial charge in [0.15, 0.2) is 0 Å². The number of aliphatic hydroxyl groups is 1. The zero-order valence-corrected chi connectivity index (χ0v) is 10.3. The number of piperidine rings is 1. The second kappa shape index (κ2) is 5.99. The first-order valence-corrected chi connectivity index (χ1v) is 6.41. The van der Waals surface area contributed by atoms with Crippen molar-refractivity contribution in [3.63, 3.8) is 0 Å². The van der Waals surface area contributed by atoms with Crippen LogP contribution in [-0.4, -0.2) is 29.1 Å². The molecule has 1 N–H and O–H groups in total. The summed E-state index contributed by atoms with van der Waals surface area (Å²) in [6.45, 7) is 5.74. The molecule has 0 spiro atoms. The number of hydrogen-bond donors (Lipinski definition) is 1. The maximum Gasteiger partial charge on any atom is 0.0945 e. The van der Waals surface area contributed by atoms with Gasteiger partial charge >= 0.3 is 0 Å². The molecule has 0 saturated carbocycles. The van der Waals surface area contributed by atoms with Gasteiger partial charge in [-0.25, -0.2) is 0 Å². The van der Waals surface area contributed by atoms with Crippen molar-refractivity contribution >= 4 is 0 Å². The van der Waals surface area contributed by atoms with Crippen LogP contribution in [0.15, 0.2) is 43.0 Å². The van der Waals surface area contributed by atoms with E-state index in [9.17, 15) is 5.11 Å². The first kappa shape index (κ1) is 12.3. The molecule has 0 unspecified atom stereocenters. The third-order valence-corrected chi connectivity index (χ3v) is 3.53. The van der Waals surface area contributed by atoms with Crippen LogP contribution in [0.4, 0.5) is 0 Å². The van der Waals surface area contributed by atoms with Gasteiger partial charge in [-0.3, -0.25) is 4.90 Å². The van der Waals surface area contributed by atoms with Crippen molar-refractivity contribution in [3.8, 4) is 0 Å². The predicted octanol–water partition coefficient (Wildman–Crippen LogP) is 2.76. The van der Waals surface area contributed by atoms with Crippen LogP contribution in [0.2, 0.25) is 0 Å². The lowest BCUT2D eigenvalue weighted by Gasteiger charge is -2.38. The van der Waals surface area contributed by atoms with Gasteiger partial charge < -0.3 is 5.11 Å². The predicted molar refractivity (Wildman–Crippen MR) is 70.8 cm³/mol. The van der Waals surface area contributed by atoms with Crippen LogP contribution >= 0.6 is 0 Å². The summed E-state index contributed by atoms with van der Waals surface area (Å²) in [5, 5.41) is 10.5. The maximum absolute atomic E-state index is 10.5. The van der Waals surface area contributed by atoms with Crippen LogP contribution in [0.5, 0.6) is 0 Å². The Morgan fingerprint density at radius 2 is 2.12 bits per heavy atom. The molecule has 0 amide bonds. The van der Waals surface area contributed by atoms with E-state index in [4.69, 9.17) is 0 Å². The molecule has 1 aliphatic rings. The summed E-state index contributed by atoms with van der Waals surface area (Å²) in [7, 11) is 0. The maximum atomic E-state index is 10.5. The van der Waals surface area contributed by atoms with E-state index in [1.165, 1.54) is 12.8 Å². The van der Waals surface area contributed by atoms with E-state index in [0.29, 0.717) is 0 Å². The highest BCUT2D eigenvalue weighted by atomic mass is 16.3. The summed E-state index contributed by atoms with van der Waals surface area (Å²) in [4.78, 5) is 2.34. The molecule has 0 aromatic heterocycles. The summed E-state index contributed by atoms with van der Waals surface area (Å²) in [5.74, 6) is 0. The lowest BCUT2D eigenvalue weighted by Crippen LogP contribution is -2.43. The van der Waals surface area contributed by atoms with Crippen LogP contribution in [0.25, 0.3) is 0 Å². The van der Waals surface area contributed by atoms with Crippen LogP contribution in [-0.2, 0) is 0 Å². The average molecular weight is 231 g/mol. The van der Waals surface area contributed by atoms with E-state index in [2.05, 4.69) is 11.5 Å². The Hall–Kier alpha value is -1.12. The molecular weight excluding hydrogens is 210 g/mol. The molecule has 17 heavy (non-hydrogen) atoms. The second-order valence-corrected chi connectivity index (χ2v) is 4.70. The third-order valence-electron chi connectivity index (χ3n) is 3.53. The minimum Gasteiger partial charge on any atom is -0.387 e. The average Bonchev–Trinajstić information content (AvgIpc) is 2.40. The highest BCUT2D eigenvalue weighted by molar-refractivity contribution is 5.19. The minimum atomic E-state index is -0.378. The molecular formula is C15H21NO. The molecule has 0 bridgehead atoms. The van der Waals surface area contributed by atoms with E-state index in [1.54, 1.807) is 0 Å². The van der Waals surface area contributed by atoms with Crippen molar-refractivity contribution < 1.29 is 5.11 Å². The van der Waals surface area contributed by atoms with Crippen LogP contribution in [0, 0.1) is 0 Å². The number of likely N-dealkylation sites (tertiary alicyclic amines) is 1. The fourth-order valence-electron chi connectivity index (χ4n) is 2.64. The van der Waals surface area contributed by atoms with Gasteiger partial charge in [-0.05, 0) is 24.9 Å². The van der Waals surface area contributed by atoms with Gasteiger partial charge in [-0.2, -0.15) is 0 Å². The topological polar surface area (TPSA) is 23.5 Å². The summed E-state index contributed by atoms with van der Waals surface area (Å²) < 4.78 is 0. The van der Waals surface area contributed by atoms with Gasteiger partial charge in [0.25, 0.3) is 0 Å². The SMILES string of the molecule is C=CCN1CCCC[C@H]1[C@@H](O)c1ccccc1. The van der Waals surface area contributed by atoms with Crippen molar-refractivity contribution in [1.82, 2.24) is 4.90 Å². The van der Waals surface area contributed by atoms with Crippen LogP contribution in [0.3, 0.4) is 0 Å². The molecule has 92 valence electrons. The molecule has 1 aromatic carbocycles. The molecule has 0 radical (unpaired) electrons. The van der Waals surface area contributed by atoms with E-state index < -0.39 is 0 Å². The number of hydrogen-bond acceptors (Lipinski definition) is 2. The number of benzene rings is 1. The summed E-state index contributed by atoms with van der Waals surface area (Å²) in [5.41, 5.74) is 1.02. The molecule has 2 rings (SSSR count). The van der Waals surface area contributed by atoms with Crippen LogP contribution < -0.4 is 0 Å². The van der Waals surface area contributed by atoms with Crippen molar-refractivity contribution in [2.24, 2.45) is 0 Å². The number of nitrogens with zero attached hydrogens (tertiary/aromatic N) is 1. The minimum absolute atomic E-state index is 0.240. The monoisotopic (exact) mass is 231 g/mol. The standard InChI is InChI=1S/C15H21NO/c1-2-11-16-12-7-6-10-14(16)15(17)13-8-4-3-5-9-13/h2-5,8-9,14-15,17H,1,6-7,10-12H2/t14-,15-/m0/s1. The Bertz CT molecular complexity index is 349. The Balaban J connectivity index is 2.10. The normalized spacial score (nSPS) is 23.2. The lowest BCUT2D eigenvalue weighted by atomic mass is 9.93. The van der Waals surface area contributed by atoms with Gasteiger partial charge in [-0.15, -0.1) is 6.58 Å². The fraction of sp³-hybridized carbons (Fsp3) is 0.467. The summed E-state index contributed by atoms with van der Waals surface area (Å²) in [6.07, 6.45) is 5.06. The Labute approximate surface area is 104 Å². The molecule has 1 saturated heterocycles. The van der Waals surface area contributed by atoms with Gasteiger partial charge in [0.05, 0.1) is 6.10 Å². The molecule has 0 aliphatic carbocycles. The largest absolute Gasteiger partial charge is 0.387 e. The summed E-state index contributed by atoms with van der Waals surface area (Å²) >= 11 is 0. The van der Waals surface area contributed by atoms with E-state index in [1.807, 2.05) is 36.4 Å². The van der Waals surface area contributed by atoms with Gasteiger partial charge in [-0.1, -0.05) is 42.8 Å². The molecule has 1 fully saturated rings. The third kappa shape index (κ3) is 2.96. The first-order valence-electron chi connectivity index (χ1n) is 6.41. The smallest absolute Gasteiger partial charge is 0.0945 e. The second-order valence-electron chi connectivity index (χ2n) is 4.70. The van der Waals surface area contributed by atoms with Gasteiger partial charge in [0.2, 0.25) is 0 Å². The van der Waals surface area contributed by atoms with Crippen molar-refractivity contribution in [2.75, 3.05) is 13.1 Å². The zero-order valence-electron chi connectivity index (χ0n) is 10.3. The lowest BCUT2D eigenvalue weighted by molar-refractivity contribution is 0.0317. The molecule has 2 heteroatoms. The first-order chi connectivity index (χ1) is 8.33. The molecule has 2 atom stereocenters. The van der Waals surface area contributed by atoms with E-state index in [-0.39, 0.29) is 12.1 Å². The van der Waals surface area contributed by atoms with Crippen LogP contribution in [0.1, 0.15) is 30.9 Å². The highest BCUT2D eigenvalue weighted by Crippen LogP contribution is 2.28. The van der Waals surface area contributed by atoms with Gasteiger partial charge in [0.1, 0.15) is 0 Å². The Kier molecular flexibility index (Phi) is 4.35. The molecule has 2 nitrogen and oxygen atoms in total. The highest BCUT2D eigenvalue weighted by Gasteiger charge is 2.28. The number of aliphatic hydroxyl groups excluding tert-OH is 1. The number of rotatable bonds is 4. The van der Waals surface area contributed by atoms with Crippen molar-refractivity contribution in [2.45, 2.75) is 31.4 Å². The van der Waals surface area contributed by atoms with E-state index >= 15 is 0 Å². The quantitative estimate of drug-likeness (QED) is 0.805. The molecule has 1 aliphatic heterocycles. The molecule has 1 heterocycles. The molecule has 1 aromatic rings. The summed E-state index contributed by atoms with van der Waals surface area (Å²) in [6, 6.07) is 10.2. The van der Waals surface area contributed by atoms with Crippen molar-refractivity contribution in [3.05, 3.63) is 48.6 Å². The Morgan fingerprint density at radius 3 is 2.82 bits per heavy atom. The Morgan fingerprint density at radius 1 is 1.35 bits per heavy atom. The fourth-order valence-corrected chi connectivity index (χ4v) is 2.64. The zero-order chi connectivity index (χ0) is 12.1. The van der Waals surface area contributed by atoms with Gasteiger partial charge in [0, 0.05) is 12.6 Å². The van der Waals surface area contributed by atoms with Crippen molar-refractivity contribution in [1.29, 1.82) is 0 Å².